The highest BCUT2D eigenvalue weighted by Gasteiger charge is 2.10. The Hall–Kier alpha value is -3.32. The van der Waals surface area contributed by atoms with Gasteiger partial charge < -0.3 is 10.6 Å². The minimum atomic E-state index is -0.365. The standard InChI is InChI=1S/C21H17FN4OS/c22-15-9-7-14(8-10-15)21(27)24-12-11-23-19-16-4-1-2-5-17(16)25-20(26-19)18-6-3-13-28-18/h1-10,13H,11-12H2,(H,24,27)(H,23,25,26). The van der Waals surface area contributed by atoms with Crippen LogP contribution in [0.5, 0.6) is 0 Å². The number of hydrogen-bond donors (Lipinski definition) is 2. The van der Waals surface area contributed by atoms with Crippen molar-refractivity contribution in [3.63, 3.8) is 0 Å². The number of anilines is 1. The predicted molar refractivity (Wildman–Crippen MR) is 110 cm³/mol. The van der Waals surface area contributed by atoms with Crippen LogP contribution < -0.4 is 10.6 Å². The number of benzene rings is 2. The van der Waals surface area contributed by atoms with Crippen LogP contribution >= 0.6 is 11.3 Å². The SMILES string of the molecule is O=C(NCCNc1nc(-c2cccs2)nc2ccccc12)c1ccc(F)cc1. The zero-order valence-corrected chi connectivity index (χ0v) is 15.7. The van der Waals surface area contributed by atoms with Gasteiger partial charge in [0.2, 0.25) is 0 Å². The van der Waals surface area contributed by atoms with E-state index in [1.807, 2.05) is 41.8 Å². The van der Waals surface area contributed by atoms with E-state index in [1.165, 1.54) is 24.3 Å². The molecule has 0 aliphatic carbocycles. The van der Waals surface area contributed by atoms with Gasteiger partial charge >= 0.3 is 0 Å². The van der Waals surface area contributed by atoms with E-state index in [9.17, 15) is 9.18 Å². The molecule has 0 saturated heterocycles. The number of thiophene rings is 1. The molecule has 28 heavy (non-hydrogen) atoms. The van der Waals surface area contributed by atoms with Crippen LogP contribution in [0.15, 0.2) is 66.0 Å². The molecule has 4 rings (SSSR count). The van der Waals surface area contributed by atoms with Crippen molar-refractivity contribution in [1.82, 2.24) is 15.3 Å². The number of nitrogens with zero attached hydrogens (tertiary/aromatic N) is 2. The lowest BCUT2D eigenvalue weighted by Crippen LogP contribution is -2.29. The number of amides is 1. The molecule has 2 aromatic carbocycles. The number of aromatic nitrogens is 2. The maximum absolute atomic E-state index is 13.0. The highest BCUT2D eigenvalue weighted by atomic mass is 32.1. The molecule has 2 aromatic heterocycles. The summed E-state index contributed by atoms with van der Waals surface area (Å²) in [6.45, 7) is 0.903. The van der Waals surface area contributed by atoms with Crippen LogP contribution in [-0.2, 0) is 0 Å². The Morgan fingerprint density at radius 2 is 1.79 bits per heavy atom. The Morgan fingerprint density at radius 3 is 2.57 bits per heavy atom. The van der Waals surface area contributed by atoms with Crippen molar-refractivity contribution in [1.29, 1.82) is 0 Å². The third kappa shape index (κ3) is 3.99. The number of carbonyl (C=O) groups excluding carboxylic acids is 1. The van der Waals surface area contributed by atoms with Crippen LogP contribution in [0.3, 0.4) is 0 Å². The highest BCUT2D eigenvalue weighted by Crippen LogP contribution is 2.27. The summed E-state index contributed by atoms with van der Waals surface area (Å²) in [7, 11) is 0. The van der Waals surface area contributed by atoms with E-state index in [0.29, 0.717) is 24.5 Å². The van der Waals surface area contributed by atoms with E-state index < -0.39 is 0 Å². The second-order valence-electron chi connectivity index (χ2n) is 6.08. The van der Waals surface area contributed by atoms with Gasteiger partial charge in [-0.05, 0) is 47.8 Å². The second-order valence-corrected chi connectivity index (χ2v) is 7.03. The molecular weight excluding hydrogens is 375 g/mol. The minimum absolute atomic E-state index is 0.242. The molecule has 0 radical (unpaired) electrons. The van der Waals surface area contributed by atoms with Crippen molar-refractivity contribution in [2.24, 2.45) is 0 Å². The fourth-order valence-electron chi connectivity index (χ4n) is 2.79. The number of fused-ring (bicyclic) bond motifs is 1. The van der Waals surface area contributed by atoms with Crippen molar-refractivity contribution in [3.05, 3.63) is 77.4 Å². The number of carbonyl (C=O) groups is 1. The molecule has 7 heteroatoms. The van der Waals surface area contributed by atoms with E-state index in [2.05, 4.69) is 20.6 Å². The molecule has 140 valence electrons. The number of nitrogens with one attached hydrogen (secondary N) is 2. The number of halogens is 1. The maximum Gasteiger partial charge on any atom is 0.251 e. The summed E-state index contributed by atoms with van der Waals surface area (Å²) in [6, 6.07) is 17.2. The Bertz CT molecular complexity index is 1100. The van der Waals surface area contributed by atoms with Crippen LogP contribution in [-0.4, -0.2) is 29.0 Å². The summed E-state index contributed by atoms with van der Waals surface area (Å²) >= 11 is 1.59. The zero-order valence-electron chi connectivity index (χ0n) is 14.9. The molecule has 2 N–H and O–H groups in total. The van der Waals surface area contributed by atoms with E-state index in [-0.39, 0.29) is 11.7 Å². The topological polar surface area (TPSA) is 66.9 Å². The van der Waals surface area contributed by atoms with Crippen molar-refractivity contribution in [2.45, 2.75) is 0 Å². The van der Waals surface area contributed by atoms with Gasteiger partial charge in [0.1, 0.15) is 11.6 Å². The first kappa shape index (κ1) is 18.1. The van der Waals surface area contributed by atoms with Gasteiger partial charge in [0.25, 0.3) is 5.91 Å². The van der Waals surface area contributed by atoms with E-state index >= 15 is 0 Å². The van der Waals surface area contributed by atoms with Gasteiger partial charge in [-0.25, -0.2) is 14.4 Å². The third-order valence-electron chi connectivity index (χ3n) is 4.15. The van der Waals surface area contributed by atoms with Crippen molar-refractivity contribution >= 4 is 34.0 Å². The molecule has 1 amide bonds. The Kier molecular flexibility index (Phi) is 5.25. The van der Waals surface area contributed by atoms with Gasteiger partial charge in [0, 0.05) is 24.0 Å². The molecule has 0 bridgehead atoms. The quantitative estimate of drug-likeness (QED) is 0.479. The van der Waals surface area contributed by atoms with Crippen LogP contribution in [0.1, 0.15) is 10.4 Å². The monoisotopic (exact) mass is 392 g/mol. The lowest BCUT2D eigenvalue weighted by atomic mass is 10.2. The molecule has 0 spiro atoms. The van der Waals surface area contributed by atoms with Gasteiger partial charge in [-0.3, -0.25) is 4.79 Å². The van der Waals surface area contributed by atoms with Gasteiger partial charge in [-0.15, -0.1) is 11.3 Å². The lowest BCUT2D eigenvalue weighted by molar-refractivity contribution is 0.0955. The average Bonchev–Trinajstić information content (AvgIpc) is 3.26. The Balaban J connectivity index is 1.45. The molecule has 2 heterocycles. The predicted octanol–water partition coefficient (Wildman–Crippen LogP) is 4.34. The van der Waals surface area contributed by atoms with Crippen molar-refractivity contribution in [3.8, 4) is 10.7 Å². The first-order valence-electron chi connectivity index (χ1n) is 8.79. The summed E-state index contributed by atoms with van der Waals surface area (Å²) in [5, 5.41) is 9.01. The summed E-state index contributed by atoms with van der Waals surface area (Å²) in [5.74, 6) is 0.792. The zero-order chi connectivity index (χ0) is 19.3. The Labute approximate surface area is 165 Å². The fourth-order valence-corrected chi connectivity index (χ4v) is 3.45. The normalized spacial score (nSPS) is 10.8. The molecular formula is C21H17FN4OS. The van der Waals surface area contributed by atoms with E-state index in [0.717, 1.165) is 21.6 Å². The minimum Gasteiger partial charge on any atom is -0.368 e. The van der Waals surface area contributed by atoms with Gasteiger partial charge in [0.05, 0.1) is 10.4 Å². The summed E-state index contributed by atoms with van der Waals surface area (Å²) < 4.78 is 13.0. The average molecular weight is 392 g/mol. The maximum atomic E-state index is 13.0. The van der Waals surface area contributed by atoms with Crippen LogP contribution in [0.25, 0.3) is 21.6 Å². The first-order valence-corrected chi connectivity index (χ1v) is 9.67. The highest BCUT2D eigenvalue weighted by molar-refractivity contribution is 7.13. The number of para-hydroxylation sites is 1. The molecule has 0 atom stereocenters. The van der Waals surface area contributed by atoms with Crippen LogP contribution in [0.4, 0.5) is 10.2 Å². The third-order valence-corrected chi connectivity index (χ3v) is 5.02. The number of hydrogen-bond acceptors (Lipinski definition) is 5. The molecule has 0 aliphatic heterocycles. The number of rotatable bonds is 6. The molecule has 0 aliphatic rings. The van der Waals surface area contributed by atoms with Crippen LogP contribution in [0.2, 0.25) is 0 Å². The van der Waals surface area contributed by atoms with Crippen molar-refractivity contribution in [2.75, 3.05) is 18.4 Å². The van der Waals surface area contributed by atoms with Gasteiger partial charge in [0.15, 0.2) is 5.82 Å². The first-order chi connectivity index (χ1) is 13.7. The van der Waals surface area contributed by atoms with E-state index in [1.54, 1.807) is 11.3 Å². The van der Waals surface area contributed by atoms with E-state index in [4.69, 9.17) is 0 Å². The molecule has 5 nitrogen and oxygen atoms in total. The summed E-state index contributed by atoms with van der Waals surface area (Å²) in [6.07, 6.45) is 0. The fraction of sp³-hybridized carbons (Fsp3) is 0.0952. The molecule has 4 aromatic rings. The summed E-state index contributed by atoms with van der Waals surface area (Å²) in [4.78, 5) is 22.4. The van der Waals surface area contributed by atoms with Crippen molar-refractivity contribution < 1.29 is 9.18 Å². The molecule has 0 fully saturated rings. The summed E-state index contributed by atoms with van der Waals surface area (Å²) in [5.41, 5.74) is 1.28. The van der Waals surface area contributed by atoms with Crippen LogP contribution in [0, 0.1) is 5.82 Å². The second kappa shape index (κ2) is 8.14. The lowest BCUT2D eigenvalue weighted by Gasteiger charge is -2.11. The van der Waals surface area contributed by atoms with Gasteiger partial charge in [-0.2, -0.15) is 0 Å². The molecule has 0 saturated carbocycles. The largest absolute Gasteiger partial charge is 0.368 e. The smallest absolute Gasteiger partial charge is 0.251 e. The molecule has 0 unspecified atom stereocenters. The van der Waals surface area contributed by atoms with Gasteiger partial charge in [-0.1, -0.05) is 18.2 Å². The Morgan fingerprint density at radius 1 is 0.964 bits per heavy atom.